The van der Waals surface area contributed by atoms with Gasteiger partial charge in [-0.25, -0.2) is 0 Å². The highest BCUT2D eigenvalue weighted by Gasteiger charge is 2.45. The molecule has 2 aliphatic heterocycles. The van der Waals surface area contributed by atoms with E-state index in [1.807, 2.05) is 4.90 Å². The molecule has 0 aromatic carbocycles. The largest absolute Gasteiger partial charge is 0.406 e. The number of hydrogen-bond acceptors (Lipinski definition) is 5. The topological polar surface area (TPSA) is 62.5 Å². The number of amides is 1. The molecule has 2 fully saturated rings. The Balaban J connectivity index is 1.72. The Hall–Kier alpha value is -1.64. The van der Waals surface area contributed by atoms with Crippen LogP contribution in [0.2, 0.25) is 0 Å². The molecule has 9 heteroatoms. The molecule has 22 heavy (non-hydrogen) atoms. The standard InChI is InChI=1S/C13H17F3N4O2/c1-8-17-11(18-22-8)9-3-2-5-20(9)10-4-6-19(12(10)21)7-13(14,15)16/h9-10H,2-7H2,1H3/t9-,10+/m1/s1. The zero-order valence-electron chi connectivity index (χ0n) is 12.1. The summed E-state index contributed by atoms with van der Waals surface area (Å²) in [5, 5.41) is 3.89. The lowest BCUT2D eigenvalue weighted by Crippen LogP contribution is -2.43. The van der Waals surface area contributed by atoms with Gasteiger partial charge in [-0.2, -0.15) is 18.2 Å². The molecule has 0 unspecified atom stereocenters. The number of alkyl halides is 3. The lowest BCUT2D eigenvalue weighted by molar-refractivity contribution is -0.159. The summed E-state index contributed by atoms with van der Waals surface area (Å²) in [5.74, 6) is 0.500. The van der Waals surface area contributed by atoms with Crippen LogP contribution in [0.15, 0.2) is 4.52 Å². The van der Waals surface area contributed by atoms with Crippen molar-refractivity contribution in [1.82, 2.24) is 19.9 Å². The maximum atomic E-state index is 12.5. The molecule has 2 aliphatic rings. The van der Waals surface area contributed by atoms with E-state index in [4.69, 9.17) is 4.52 Å². The summed E-state index contributed by atoms with van der Waals surface area (Å²) in [6, 6.07) is -0.675. The van der Waals surface area contributed by atoms with Gasteiger partial charge in [-0.3, -0.25) is 9.69 Å². The molecular formula is C13H17F3N4O2. The van der Waals surface area contributed by atoms with Gasteiger partial charge >= 0.3 is 6.18 Å². The number of carbonyl (C=O) groups excluding carboxylic acids is 1. The van der Waals surface area contributed by atoms with E-state index >= 15 is 0 Å². The van der Waals surface area contributed by atoms with E-state index in [0.717, 1.165) is 17.7 Å². The van der Waals surface area contributed by atoms with E-state index in [1.54, 1.807) is 6.92 Å². The van der Waals surface area contributed by atoms with Crippen LogP contribution in [0.5, 0.6) is 0 Å². The van der Waals surface area contributed by atoms with Gasteiger partial charge in [0.05, 0.1) is 12.1 Å². The molecule has 2 atom stereocenters. The summed E-state index contributed by atoms with van der Waals surface area (Å²) in [6.45, 7) is 1.30. The van der Waals surface area contributed by atoms with Gasteiger partial charge in [-0.1, -0.05) is 5.16 Å². The smallest absolute Gasteiger partial charge is 0.340 e. The first-order chi connectivity index (χ1) is 10.3. The minimum atomic E-state index is -4.36. The number of aryl methyl sites for hydroxylation is 1. The second kappa shape index (κ2) is 5.53. The summed E-state index contributed by atoms with van der Waals surface area (Å²) in [4.78, 5) is 19.3. The summed E-state index contributed by atoms with van der Waals surface area (Å²) in [5.41, 5.74) is 0. The maximum absolute atomic E-state index is 12.5. The first-order valence-corrected chi connectivity index (χ1v) is 7.26. The molecule has 1 aromatic heterocycles. The van der Waals surface area contributed by atoms with E-state index in [-0.39, 0.29) is 12.6 Å². The van der Waals surface area contributed by atoms with Crippen LogP contribution in [0, 0.1) is 6.92 Å². The monoisotopic (exact) mass is 318 g/mol. The number of carbonyl (C=O) groups is 1. The maximum Gasteiger partial charge on any atom is 0.406 e. The average Bonchev–Trinajstić information content (AvgIpc) is 3.10. The number of rotatable bonds is 3. The van der Waals surface area contributed by atoms with E-state index in [2.05, 4.69) is 10.1 Å². The first-order valence-electron chi connectivity index (χ1n) is 7.26. The zero-order chi connectivity index (χ0) is 15.9. The Morgan fingerprint density at radius 2 is 2.05 bits per heavy atom. The van der Waals surface area contributed by atoms with Gasteiger partial charge in [0.25, 0.3) is 0 Å². The Kier molecular flexibility index (Phi) is 3.84. The highest BCUT2D eigenvalue weighted by Crippen LogP contribution is 2.35. The fourth-order valence-corrected chi connectivity index (χ4v) is 3.29. The van der Waals surface area contributed by atoms with Gasteiger partial charge in [0.2, 0.25) is 11.8 Å². The van der Waals surface area contributed by atoms with Crippen LogP contribution in [0.3, 0.4) is 0 Å². The van der Waals surface area contributed by atoms with Gasteiger partial charge in [0, 0.05) is 13.5 Å². The summed E-state index contributed by atoms with van der Waals surface area (Å²) >= 11 is 0. The normalized spacial score (nSPS) is 27.1. The lowest BCUT2D eigenvalue weighted by atomic mass is 10.1. The molecular weight excluding hydrogens is 301 g/mol. The van der Waals surface area contributed by atoms with Gasteiger partial charge in [0.1, 0.15) is 6.54 Å². The van der Waals surface area contributed by atoms with Crippen molar-refractivity contribution >= 4 is 5.91 Å². The quantitative estimate of drug-likeness (QED) is 0.848. The van der Waals surface area contributed by atoms with E-state index in [0.29, 0.717) is 24.7 Å². The molecule has 0 aliphatic carbocycles. The van der Waals surface area contributed by atoms with Crippen molar-refractivity contribution in [3.05, 3.63) is 11.7 Å². The fraction of sp³-hybridized carbons (Fsp3) is 0.769. The van der Waals surface area contributed by atoms with E-state index < -0.39 is 24.7 Å². The van der Waals surface area contributed by atoms with Crippen molar-refractivity contribution < 1.29 is 22.5 Å². The predicted octanol–water partition coefficient (Wildman–Crippen LogP) is 1.68. The summed E-state index contributed by atoms with van der Waals surface area (Å²) < 4.78 is 42.4. The van der Waals surface area contributed by atoms with E-state index in [1.165, 1.54) is 0 Å². The molecule has 0 bridgehead atoms. The van der Waals surface area contributed by atoms with Crippen LogP contribution in [0.25, 0.3) is 0 Å². The van der Waals surface area contributed by atoms with Crippen molar-refractivity contribution in [3.63, 3.8) is 0 Å². The first kappa shape index (κ1) is 15.3. The third-order valence-corrected chi connectivity index (χ3v) is 4.18. The Morgan fingerprint density at radius 3 is 2.68 bits per heavy atom. The number of likely N-dealkylation sites (tertiary alicyclic amines) is 2. The lowest BCUT2D eigenvalue weighted by Gasteiger charge is -2.27. The van der Waals surface area contributed by atoms with Crippen LogP contribution in [-0.4, -0.2) is 57.7 Å². The predicted molar refractivity (Wildman–Crippen MR) is 68.8 cm³/mol. The molecule has 1 aromatic rings. The summed E-state index contributed by atoms with van der Waals surface area (Å²) in [6.07, 6.45) is -2.31. The SMILES string of the molecule is Cc1nc([C@H]2CCCN2[C@H]2CCN(CC(F)(F)F)C2=O)no1. The molecule has 2 saturated heterocycles. The Labute approximate surface area is 125 Å². The minimum absolute atomic E-state index is 0.136. The van der Waals surface area contributed by atoms with Crippen LogP contribution in [-0.2, 0) is 4.79 Å². The number of aromatic nitrogens is 2. The van der Waals surface area contributed by atoms with Crippen LogP contribution < -0.4 is 0 Å². The third-order valence-electron chi connectivity index (χ3n) is 4.18. The van der Waals surface area contributed by atoms with Crippen LogP contribution >= 0.6 is 0 Å². The van der Waals surface area contributed by atoms with Crippen molar-refractivity contribution in [3.8, 4) is 0 Å². The molecule has 6 nitrogen and oxygen atoms in total. The van der Waals surface area contributed by atoms with Crippen molar-refractivity contribution in [2.45, 2.75) is 44.4 Å². The van der Waals surface area contributed by atoms with Crippen LogP contribution in [0.1, 0.15) is 37.0 Å². The fourth-order valence-electron chi connectivity index (χ4n) is 3.29. The minimum Gasteiger partial charge on any atom is -0.340 e. The van der Waals surface area contributed by atoms with Gasteiger partial charge in [0.15, 0.2) is 5.82 Å². The molecule has 0 N–H and O–H groups in total. The van der Waals surface area contributed by atoms with Crippen LogP contribution in [0.4, 0.5) is 13.2 Å². The van der Waals surface area contributed by atoms with Crippen molar-refractivity contribution in [1.29, 1.82) is 0 Å². The highest BCUT2D eigenvalue weighted by molar-refractivity contribution is 5.84. The second-order valence-electron chi connectivity index (χ2n) is 5.75. The average molecular weight is 318 g/mol. The highest BCUT2D eigenvalue weighted by atomic mass is 19.4. The third kappa shape index (κ3) is 2.94. The molecule has 122 valence electrons. The number of halogens is 3. The van der Waals surface area contributed by atoms with Gasteiger partial charge in [-0.05, 0) is 25.8 Å². The van der Waals surface area contributed by atoms with Gasteiger partial charge < -0.3 is 9.42 Å². The van der Waals surface area contributed by atoms with E-state index in [9.17, 15) is 18.0 Å². The Morgan fingerprint density at radius 1 is 1.27 bits per heavy atom. The molecule has 0 spiro atoms. The number of hydrogen-bond donors (Lipinski definition) is 0. The molecule has 0 saturated carbocycles. The Bertz CT molecular complexity index is 560. The molecule has 3 rings (SSSR count). The van der Waals surface area contributed by atoms with Gasteiger partial charge in [-0.15, -0.1) is 0 Å². The molecule has 0 radical (unpaired) electrons. The zero-order valence-corrected chi connectivity index (χ0v) is 12.1. The molecule has 1 amide bonds. The summed E-state index contributed by atoms with van der Waals surface area (Å²) in [7, 11) is 0. The second-order valence-corrected chi connectivity index (χ2v) is 5.75. The van der Waals surface area contributed by atoms with Crippen molar-refractivity contribution in [2.24, 2.45) is 0 Å². The van der Waals surface area contributed by atoms with Crippen molar-refractivity contribution in [2.75, 3.05) is 19.6 Å². The molecule has 3 heterocycles. The number of nitrogens with zero attached hydrogens (tertiary/aromatic N) is 4.